The summed E-state index contributed by atoms with van der Waals surface area (Å²) in [5.41, 5.74) is 0.337. The molecular formula is C9H16OS. The maximum atomic E-state index is 5.93. The summed E-state index contributed by atoms with van der Waals surface area (Å²) in [5, 5.41) is 0. The molecule has 1 spiro atoms. The molecule has 0 unspecified atom stereocenters. The van der Waals surface area contributed by atoms with Crippen LogP contribution in [0.3, 0.4) is 0 Å². The van der Waals surface area contributed by atoms with Crippen LogP contribution in [0.1, 0.15) is 32.1 Å². The normalized spacial score (nSPS) is 30.5. The number of ether oxygens (including phenoxy) is 1. The van der Waals surface area contributed by atoms with Crippen LogP contribution in [-0.2, 0) is 4.74 Å². The molecule has 0 bridgehead atoms. The van der Waals surface area contributed by atoms with E-state index >= 15 is 0 Å². The predicted molar refractivity (Wildman–Crippen MR) is 49.1 cm³/mol. The van der Waals surface area contributed by atoms with E-state index in [4.69, 9.17) is 4.74 Å². The van der Waals surface area contributed by atoms with E-state index in [2.05, 4.69) is 11.8 Å². The van der Waals surface area contributed by atoms with Crippen LogP contribution in [0.5, 0.6) is 0 Å². The number of hydrogen-bond acceptors (Lipinski definition) is 2. The van der Waals surface area contributed by atoms with E-state index in [1.54, 1.807) is 0 Å². The van der Waals surface area contributed by atoms with E-state index in [0.29, 0.717) is 5.60 Å². The Morgan fingerprint density at radius 1 is 1.00 bits per heavy atom. The second kappa shape index (κ2) is 3.36. The van der Waals surface area contributed by atoms with E-state index in [9.17, 15) is 0 Å². The molecule has 0 amide bonds. The minimum Gasteiger partial charge on any atom is -0.374 e. The summed E-state index contributed by atoms with van der Waals surface area (Å²) in [5.74, 6) is 2.53. The Balaban J connectivity index is 1.97. The fourth-order valence-electron chi connectivity index (χ4n) is 2.16. The van der Waals surface area contributed by atoms with Gasteiger partial charge in [-0.3, -0.25) is 0 Å². The van der Waals surface area contributed by atoms with E-state index in [1.165, 1.54) is 43.6 Å². The third-order valence-corrected chi connectivity index (χ3v) is 3.80. The Morgan fingerprint density at radius 3 is 2.64 bits per heavy atom. The summed E-state index contributed by atoms with van der Waals surface area (Å²) in [4.78, 5) is 0. The van der Waals surface area contributed by atoms with Crippen LogP contribution in [0.25, 0.3) is 0 Å². The first-order chi connectivity index (χ1) is 5.41. The highest BCUT2D eigenvalue weighted by atomic mass is 32.2. The average molecular weight is 172 g/mol. The van der Waals surface area contributed by atoms with Crippen LogP contribution >= 0.6 is 11.8 Å². The van der Waals surface area contributed by atoms with Gasteiger partial charge in [-0.25, -0.2) is 0 Å². The molecule has 2 heteroatoms. The van der Waals surface area contributed by atoms with Gasteiger partial charge in [-0.1, -0.05) is 12.8 Å². The molecule has 0 aromatic heterocycles. The lowest BCUT2D eigenvalue weighted by Crippen LogP contribution is -2.28. The van der Waals surface area contributed by atoms with Gasteiger partial charge >= 0.3 is 0 Å². The molecule has 0 N–H and O–H groups in total. The molecule has 0 atom stereocenters. The smallest absolute Gasteiger partial charge is 0.0690 e. The fraction of sp³-hybridized carbons (Fsp3) is 1.00. The van der Waals surface area contributed by atoms with Gasteiger partial charge < -0.3 is 4.74 Å². The van der Waals surface area contributed by atoms with Gasteiger partial charge in [0.2, 0.25) is 0 Å². The van der Waals surface area contributed by atoms with Crippen LogP contribution in [0.15, 0.2) is 0 Å². The highest BCUT2D eigenvalue weighted by Crippen LogP contribution is 2.38. The van der Waals surface area contributed by atoms with Crippen molar-refractivity contribution in [1.29, 1.82) is 0 Å². The van der Waals surface area contributed by atoms with Crippen molar-refractivity contribution in [1.82, 2.24) is 0 Å². The molecule has 1 aliphatic carbocycles. The van der Waals surface area contributed by atoms with E-state index in [-0.39, 0.29) is 0 Å². The molecule has 0 aromatic rings. The number of rotatable bonds is 0. The lowest BCUT2D eigenvalue weighted by Gasteiger charge is -2.26. The monoisotopic (exact) mass is 172 g/mol. The Labute approximate surface area is 72.9 Å². The molecule has 2 aliphatic rings. The van der Waals surface area contributed by atoms with Crippen LogP contribution in [-0.4, -0.2) is 23.7 Å². The minimum atomic E-state index is 0.337. The van der Waals surface area contributed by atoms with Crippen molar-refractivity contribution < 1.29 is 4.74 Å². The van der Waals surface area contributed by atoms with Crippen LogP contribution < -0.4 is 0 Å². The maximum Gasteiger partial charge on any atom is 0.0690 e. The minimum absolute atomic E-state index is 0.337. The highest BCUT2D eigenvalue weighted by molar-refractivity contribution is 7.99. The van der Waals surface area contributed by atoms with Crippen molar-refractivity contribution in [3.05, 3.63) is 0 Å². The summed E-state index contributed by atoms with van der Waals surface area (Å²) in [6.45, 7) is 0.991. The van der Waals surface area contributed by atoms with Crippen molar-refractivity contribution in [2.45, 2.75) is 37.7 Å². The Morgan fingerprint density at radius 2 is 1.82 bits per heavy atom. The first-order valence-corrected chi connectivity index (χ1v) is 5.79. The van der Waals surface area contributed by atoms with Crippen molar-refractivity contribution in [3.8, 4) is 0 Å². The zero-order chi connectivity index (χ0) is 7.57. The second-order valence-electron chi connectivity index (χ2n) is 3.60. The predicted octanol–water partition coefficient (Wildman–Crippen LogP) is 2.45. The quantitative estimate of drug-likeness (QED) is 0.555. The Bertz CT molecular complexity index is 120. The summed E-state index contributed by atoms with van der Waals surface area (Å²) in [6.07, 6.45) is 6.74. The average Bonchev–Trinajstić information content (AvgIpc) is 2.32. The second-order valence-corrected chi connectivity index (χ2v) is 4.83. The van der Waals surface area contributed by atoms with Gasteiger partial charge in [-0.05, 0) is 25.0 Å². The molecule has 1 aliphatic heterocycles. The van der Waals surface area contributed by atoms with Gasteiger partial charge in [0.05, 0.1) is 12.2 Å². The molecule has 1 saturated carbocycles. The molecule has 64 valence electrons. The molecule has 11 heavy (non-hydrogen) atoms. The topological polar surface area (TPSA) is 9.23 Å². The van der Waals surface area contributed by atoms with Crippen molar-refractivity contribution in [3.63, 3.8) is 0 Å². The van der Waals surface area contributed by atoms with Crippen molar-refractivity contribution >= 4 is 11.8 Å². The molecule has 2 rings (SSSR count). The molecule has 1 saturated heterocycles. The van der Waals surface area contributed by atoms with Crippen LogP contribution in [0, 0.1) is 0 Å². The highest BCUT2D eigenvalue weighted by Gasteiger charge is 2.35. The van der Waals surface area contributed by atoms with Gasteiger partial charge in [0, 0.05) is 5.75 Å². The van der Waals surface area contributed by atoms with E-state index in [0.717, 1.165) is 6.61 Å². The standard InChI is InChI=1S/C9H16OS/c1-2-4-9(3-1)5-7-11-8-6-10-9/h1-8H2. The first-order valence-electron chi connectivity index (χ1n) is 4.63. The lowest BCUT2D eigenvalue weighted by molar-refractivity contribution is -0.0318. The molecular weight excluding hydrogens is 156 g/mol. The fourth-order valence-corrected chi connectivity index (χ4v) is 3.08. The first kappa shape index (κ1) is 7.93. The molecule has 0 radical (unpaired) electrons. The SMILES string of the molecule is C1CCC2(C1)CCSCCO2. The Hall–Kier alpha value is 0.310. The van der Waals surface area contributed by atoms with Gasteiger partial charge in [-0.15, -0.1) is 0 Å². The van der Waals surface area contributed by atoms with Crippen molar-refractivity contribution in [2.75, 3.05) is 18.1 Å². The van der Waals surface area contributed by atoms with E-state index in [1.807, 2.05) is 0 Å². The van der Waals surface area contributed by atoms with Gasteiger partial charge in [0.1, 0.15) is 0 Å². The maximum absolute atomic E-state index is 5.93. The molecule has 1 heterocycles. The van der Waals surface area contributed by atoms with Crippen LogP contribution in [0.2, 0.25) is 0 Å². The zero-order valence-electron chi connectivity index (χ0n) is 6.97. The Kier molecular flexibility index (Phi) is 2.42. The zero-order valence-corrected chi connectivity index (χ0v) is 7.79. The summed E-state index contributed by atoms with van der Waals surface area (Å²) in [6, 6.07) is 0. The number of thioether (sulfide) groups is 1. The lowest BCUT2D eigenvalue weighted by atomic mass is 9.99. The summed E-state index contributed by atoms with van der Waals surface area (Å²) >= 11 is 2.05. The summed E-state index contributed by atoms with van der Waals surface area (Å²) < 4.78 is 5.93. The number of hydrogen-bond donors (Lipinski definition) is 0. The molecule has 1 nitrogen and oxygen atoms in total. The summed E-state index contributed by atoms with van der Waals surface area (Å²) in [7, 11) is 0. The van der Waals surface area contributed by atoms with Gasteiger partial charge in [0.15, 0.2) is 0 Å². The van der Waals surface area contributed by atoms with Gasteiger partial charge in [0.25, 0.3) is 0 Å². The molecule has 2 fully saturated rings. The third kappa shape index (κ3) is 1.73. The van der Waals surface area contributed by atoms with E-state index < -0.39 is 0 Å². The molecule has 0 aromatic carbocycles. The van der Waals surface area contributed by atoms with Crippen molar-refractivity contribution in [2.24, 2.45) is 0 Å². The third-order valence-electron chi connectivity index (χ3n) is 2.85. The van der Waals surface area contributed by atoms with Crippen LogP contribution in [0.4, 0.5) is 0 Å². The van der Waals surface area contributed by atoms with Gasteiger partial charge in [-0.2, -0.15) is 11.8 Å². The largest absolute Gasteiger partial charge is 0.374 e.